The average Bonchev–Trinajstić information content (AvgIpc) is 2.98. The van der Waals surface area contributed by atoms with E-state index >= 15 is 0 Å². The van der Waals surface area contributed by atoms with Crippen LogP contribution in [0.3, 0.4) is 0 Å². The van der Waals surface area contributed by atoms with E-state index in [9.17, 15) is 39.1 Å². The molecule has 0 radical (unpaired) electrons. The lowest BCUT2D eigenvalue weighted by atomic mass is 9.81. The average molecular weight is 658 g/mol. The molecule has 0 rings (SSSR count). The van der Waals surface area contributed by atoms with Crippen molar-refractivity contribution in [3.05, 3.63) is 0 Å². The van der Waals surface area contributed by atoms with Gasteiger partial charge in [-0.3, -0.25) is 24.0 Å². The number of carbonyl (C=O) groups is 5. The van der Waals surface area contributed by atoms with Crippen LogP contribution in [0.2, 0.25) is 0 Å². The zero-order valence-electron chi connectivity index (χ0n) is 28.4. The molecule has 5 amide bonds. The van der Waals surface area contributed by atoms with Crippen LogP contribution >= 0.6 is 0 Å². The van der Waals surface area contributed by atoms with Crippen LogP contribution in [-0.4, -0.2) is 108 Å². The summed E-state index contributed by atoms with van der Waals surface area (Å²) in [5, 5.41) is 44.8. The molecule has 0 aromatic carbocycles. The molecule has 0 saturated carbocycles. The molecule has 16 heteroatoms. The van der Waals surface area contributed by atoms with E-state index in [2.05, 4.69) is 38.8 Å². The number of primary amides is 1. The molecule has 0 fully saturated rings. The van der Waals surface area contributed by atoms with Crippen LogP contribution in [0.5, 0.6) is 0 Å². The van der Waals surface area contributed by atoms with Gasteiger partial charge in [-0.25, -0.2) is 0 Å². The SMILES string of the molecule is CCCCCCCCCCNCCNC(CC(N)=O)C(=O)NC(C(=O)NC(C)C(=O)NC(CCC)C(=O)NC(C)B(O)O)C(C)O. The summed E-state index contributed by atoms with van der Waals surface area (Å²) in [6.07, 6.45) is 8.83. The Morgan fingerprint density at radius 1 is 0.674 bits per heavy atom. The number of unbranched alkanes of at least 4 members (excludes halogenated alkanes) is 7. The fourth-order valence-electron chi connectivity index (χ4n) is 4.58. The number of rotatable bonds is 27. The second-order valence-electron chi connectivity index (χ2n) is 11.9. The second-order valence-corrected chi connectivity index (χ2v) is 11.9. The minimum absolute atomic E-state index is 0.252. The maximum atomic E-state index is 13.0. The van der Waals surface area contributed by atoms with Crippen molar-refractivity contribution in [3.63, 3.8) is 0 Å². The van der Waals surface area contributed by atoms with Gasteiger partial charge in [0.15, 0.2) is 0 Å². The van der Waals surface area contributed by atoms with Crippen molar-refractivity contribution in [2.75, 3.05) is 19.6 Å². The number of amides is 5. The molecular weight excluding hydrogens is 597 g/mol. The lowest BCUT2D eigenvalue weighted by Crippen LogP contribution is -2.60. The van der Waals surface area contributed by atoms with Crippen molar-refractivity contribution < 1.29 is 39.1 Å². The minimum atomic E-state index is -1.79. The zero-order chi connectivity index (χ0) is 35.1. The first-order chi connectivity index (χ1) is 21.7. The quantitative estimate of drug-likeness (QED) is 0.0371. The van der Waals surface area contributed by atoms with Crippen molar-refractivity contribution >= 4 is 36.7 Å². The van der Waals surface area contributed by atoms with Crippen LogP contribution < -0.4 is 37.6 Å². The first-order valence-corrected chi connectivity index (χ1v) is 16.7. The number of nitrogens with two attached hydrogens (primary N) is 1. The van der Waals surface area contributed by atoms with Crippen molar-refractivity contribution in [2.24, 2.45) is 5.73 Å². The molecule has 11 N–H and O–H groups in total. The first-order valence-electron chi connectivity index (χ1n) is 16.7. The molecule has 0 aromatic rings. The van der Waals surface area contributed by atoms with Gasteiger partial charge in [0.2, 0.25) is 29.5 Å². The fraction of sp³-hybridized carbons (Fsp3) is 0.833. The second kappa shape index (κ2) is 25.3. The van der Waals surface area contributed by atoms with Gasteiger partial charge in [0.05, 0.1) is 24.5 Å². The molecule has 0 heterocycles. The van der Waals surface area contributed by atoms with Crippen LogP contribution in [0.4, 0.5) is 0 Å². The Balaban J connectivity index is 4.95. The third kappa shape index (κ3) is 19.7. The summed E-state index contributed by atoms with van der Waals surface area (Å²) < 4.78 is 0. The maximum Gasteiger partial charge on any atom is 0.475 e. The van der Waals surface area contributed by atoms with Gasteiger partial charge in [0.25, 0.3) is 0 Å². The third-order valence-electron chi connectivity index (χ3n) is 7.46. The van der Waals surface area contributed by atoms with Gasteiger partial charge in [-0.1, -0.05) is 65.2 Å². The van der Waals surface area contributed by atoms with Gasteiger partial charge in [-0.05, 0) is 40.2 Å². The number of hydrogen-bond donors (Lipinski definition) is 10. The number of aliphatic hydroxyl groups excluding tert-OH is 1. The molecule has 0 aliphatic carbocycles. The Kier molecular flexibility index (Phi) is 23.8. The van der Waals surface area contributed by atoms with Crippen LogP contribution in [0, 0.1) is 0 Å². The Morgan fingerprint density at radius 3 is 1.80 bits per heavy atom. The lowest BCUT2D eigenvalue weighted by molar-refractivity contribution is -0.135. The summed E-state index contributed by atoms with van der Waals surface area (Å²) in [6.45, 7) is 9.77. The molecule has 0 aliphatic heterocycles. The molecule has 6 unspecified atom stereocenters. The monoisotopic (exact) mass is 657 g/mol. The van der Waals surface area contributed by atoms with E-state index in [1.807, 2.05) is 0 Å². The standard InChI is InChI=1S/C30H60BN7O8/c1-6-8-9-10-11-12-13-14-16-33-17-18-34-24(19-25(32)40)29(43)38-26(21(4)39)30(44)35-20(3)27(41)37-23(15-7-2)28(42)36-22(5)31(45)46/h20-24,26,33-34,39,45-46H,6-19H2,1-5H3,(H2,32,40)(H,35,44)(H,36,42)(H,37,41)(H,38,43). The molecule has 0 spiro atoms. The summed E-state index contributed by atoms with van der Waals surface area (Å²) in [7, 11) is -1.79. The Bertz CT molecular complexity index is 912. The van der Waals surface area contributed by atoms with Gasteiger partial charge < -0.3 is 52.8 Å². The molecule has 6 atom stereocenters. The van der Waals surface area contributed by atoms with E-state index in [0.29, 0.717) is 19.5 Å². The lowest BCUT2D eigenvalue weighted by Gasteiger charge is -2.26. The summed E-state index contributed by atoms with van der Waals surface area (Å²) in [5.41, 5.74) is 5.34. The number of carbonyl (C=O) groups excluding carboxylic acids is 5. The first kappa shape index (κ1) is 43.2. The molecule has 15 nitrogen and oxygen atoms in total. The number of aliphatic hydroxyl groups is 1. The predicted molar refractivity (Wildman–Crippen MR) is 177 cm³/mol. The zero-order valence-corrected chi connectivity index (χ0v) is 28.4. The summed E-state index contributed by atoms with van der Waals surface area (Å²) >= 11 is 0. The highest BCUT2D eigenvalue weighted by Crippen LogP contribution is 2.08. The molecule has 0 bridgehead atoms. The van der Waals surface area contributed by atoms with Crippen LogP contribution in [0.15, 0.2) is 0 Å². The summed E-state index contributed by atoms with van der Waals surface area (Å²) in [4.78, 5) is 63.0. The van der Waals surface area contributed by atoms with Crippen molar-refractivity contribution in [3.8, 4) is 0 Å². The highest BCUT2D eigenvalue weighted by Gasteiger charge is 2.32. The highest BCUT2D eigenvalue weighted by atomic mass is 16.4. The minimum Gasteiger partial charge on any atom is -0.426 e. The smallest absolute Gasteiger partial charge is 0.426 e. The molecule has 266 valence electrons. The van der Waals surface area contributed by atoms with Crippen molar-refractivity contribution in [1.29, 1.82) is 0 Å². The van der Waals surface area contributed by atoms with Crippen molar-refractivity contribution in [1.82, 2.24) is 31.9 Å². The van der Waals surface area contributed by atoms with Crippen LogP contribution in [-0.2, 0) is 24.0 Å². The molecule has 0 saturated heterocycles. The maximum absolute atomic E-state index is 13.0. The van der Waals surface area contributed by atoms with E-state index in [1.165, 1.54) is 59.3 Å². The van der Waals surface area contributed by atoms with E-state index < -0.39 is 72.9 Å². The van der Waals surface area contributed by atoms with Gasteiger partial charge in [0, 0.05) is 13.1 Å². The topological polar surface area (TPSA) is 244 Å². The normalized spacial score (nSPS) is 15.0. The van der Waals surface area contributed by atoms with Crippen molar-refractivity contribution in [2.45, 2.75) is 141 Å². The molecule has 0 aromatic heterocycles. The largest absolute Gasteiger partial charge is 0.475 e. The highest BCUT2D eigenvalue weighted by molar-refractivity contribution is 6.43. The van der Waals surface area contributed by atoms with Gasteiger partial charge in [0.1, 0.15) is 18.1 Å². The van der Waals surface area contributed by atoms with E-state index in [0.717, 1.165) is 19.4 Å². The Morgan fingerprint density at radius 2 is 1.26 bits per heavy atom. The Labute approximate surface area is 274 Å². The predicted octanol–water partition coefficient (Wildman–Crippen LogP) is -1.28. The van der Waals surface area contributed by atoms with Crippen LogP contribution in [0.25, 0.3) is 0 Å². The summed E-state index contributed by atoms with van der Waals surface area (Å²) in [6, 6.07) is -4.67. The molecular formula is C30H60BN7O8. The number of hydrogen-bond acceptors (Lipinski definition) is 10. The fourth-order valence-corrected chi connectivity index (χ4v) is 4.58. The van der Waals surface area contributed by atoms with E-state index in [1.54, 1.807) is 6.92 Å². The van der Waals surface area contributed by atoms with Gasteiger partial charge in [-0.2, -0.15) is 0 Å². The summed E-state index contributed by atoms with van der Waals surface area (Å²) in [5.74, 6) is -4.61. The van der Waals surface area contributed by atoms with Crippen LogP contribution in [0.1, 0.15) is 105 Å². The van der Waals surface area contributed by atoms with E-state index in [4.69, 9.17) is 5.73 Å². The van der Waals surface area contributed by atoms with Gasteiger partial charge >= 0.3 is 7.12 Å². The Hall–Kier alpha value is -2.79. The molecule has 46 heavy (non-hydrogen) atoms. The molecule has 0 aliphatic rings. The number of nitrogens with one attached hydrogen (secondary N) is 6. The van der Waals surface area contributed by atoms with Gasteiger partial charge in [-0.15, -0.1) is 0 Å². The third-order valence-corrected chi connectivity index (χ3v) is 7.46. The van der Waals surface area contributed by atoms with E-state index in [-0.39, 0.29) is 12.8 Å².